The molecule has 146 valence electrons. The summed E-state index contributed by atoms with van der Waals surface area (Å²) in [5.74, 6) is 1.29. The predicted octanol–water partition coefficient (Wildman–Crippen LogP) is 5.42. The average Bonchev–Trinajstić information content (AvgIpc) is 3.17. The van der Waals surface area contributed by atoms with Crippen LogP contribution in [-0.2, 0) is 0 Å². The fourth-order valence-electron chi connectivity index (χ4n) is 2.94. The van der Waals surface area contributed by atoms with Crippen molar-refractivity contribution in [2.24, 2.45) is 0 Å². The van der Waals surface area contributed by atoms with Gasteiger partial charge in [-0.2, -0.15) is 0 Å². The number of carbonyl (C=O) groups excluding carboxylic acids is 1. The van der Waals surface area contributed by atoms with Crippen LogP contribution in [0.2, 0.25) is 5.02 Å². The SMILES string of the molecule is COc1cccc(-c2nc3cc(NC(=O)c4cc(Cl)ccc4OC)ccc3o2)c1. The molecule has 1 aromatic heterocycles. The van der Waals surface area contributed by atoms with E-state index in [1.165, 1.54) is 7.11 Å². The third-order valence-corrected chi connectivity index (χ3v) is 4.60. The van der Waals surface area contributed by atoms with Crippen molar-refractivity contribution in [2.75, 3.05) is 19.5 Å². The molecule has 0 atom stereocenters. The van der Waals surface area contributed by atoms with Crippen LogP contribution in [0.3, 0.4) is 0 Å². The Bertz CT molecular complexity index is 1200. The monoisotopic (exact) mass is 408 g/mol. The quantitative estimate of drug-likeness (QED) is 0.477. The maximum atomic E-state index is 12.7. The summed E-state index contributed by atoms with van der Waals surface area (Å²) in [5, 5.41) is 3.29. The van der Waals surface area contributed by atoms with E-state index in [1.807, 2.05) is 24.3 Å². The normalized spacial score (nSPS) is 10.7. The van der Waals surface area contributed by atoms with Gasteiger partial charge in [0.15, 0.2) is 5.58 Å². The van der Waals surface area contributed by atoms with E-state index in [9.17, 15) is 4.79 Å². The molecule has 0 spiro atoms. The molecule has 7 heteroatoms. The molecule has 1 amide bonds. The van der Waals surface area contributed by atoms with Crippen molar-refractivity contribution in [2.45, 2.75) is 0 Å². The minimum absolute atomic E-state index is 0.333. The van der Waals surface area contributed by atoms with E-state index in [0.29, 0.717) is 44.8 Å². The summed E-state index contributed by atoms with van der Waals surface area (Å²) in [5.41, 5.74) is 2.96. The molecule has 0 fully saturated rings. The Kier molecular flexibility index (Phi) is 5.10. The number of rotatable bonds is 5. The van der Waals surface area contributed by atoms with E-state index in [-0.39, 0.29) is 5.91 Å². The van der Waals surface area contributed by atoms with Crippen LogP contribution in [-0.4, -0.2) is 25.1 Å². The third kappa shape index (κ3) is 3.88. The number of anilines is 1. The molecule has 0 saturated carbocycles. The lowest BCUT2D eigenvalue weighted by Gasteiger charge is -2.09. The number of fused-ring (bicyclic) bond motifs is 1. The van der Waals surface area contributed by atoms with E-state index >= 15 is 0 Å². The van der Waals surface area contributed by atoms with Gasteiger partial charge in [0.05, 0.1) is 19.8 Å². The number of methoxy groups -OCH3 is 2. The number of hydrogen-bond acceptors (Lipinski definition) is 5. The van der Waals surface area contributed by atoms with Gasteiger partial charge in [-0.15, -0.1) is 0 Å². The number of carbonyl (C=O) groups is 1. The van der Waals surface area contributed by atoms with Crippen LogP contribution in [0.5, 0.6) is 11.5 Å². The second-order valence-electron chi connectivity index (χ2n) is 6.23. The molecule has 0 bridgehead atoms. The molecule has 0 saturated heterocycles. The molecule has 0 radical (unpaired) electrons. The number of amides is 1. The summed E-state index contributed by atoms with van der Waals surface area (Å²) in [7, 11) is 3.11. The second kappa shape index (κ2) is 7.85. The van der Waals surface area contributed by atoms with Crippen molar-refractivity contribution in [3.8, 4) is 23.0 Å². The zero-order valence-corrected chi connectivity index (χ0v) is 16.5. The molecule has 0 aliphatic heterocycles. The second-order valence-corrected chi connectivity index (χ2v) is 6.67. The molecule has 1 heterocycles. The maximum Gasteiger partial charge on any atom is 0.259 e. The van der Waals surface area contributed by atoms with Crippen molar-refractivity contribution in [3.05, 3.63) is 71.2 Å². The maximum absolute atomic E-state index is 12.7. The highest BCUT2D eigenvalue weighted by molar-refractivity contribution is 6.31. The van der Waals surface area contributed by atoms with E-state index in [2.05, 4.69) is 10.3 Å². The Morgan fingerprint density at radius 3 is 2.69 bits per heavy atom. The number of nitrogens with zero attached hydrogens (tertiary/aromatic N) is 1. The lowest BCUT2D eigenvalue weighted by molar-refractivity contribution is 0.102. The third-order valence-electron chi connectivity index (χ3n) is 4.37. The molecule has 4 aromatic rings. The van der Waals surface area contributed by atoms with Crippen molar-refractivity contribution in [3.63, 3.8) is 0 Å². The first kappa shape index (κ1) is 18.8. The van der Waals surface area contributed by atoms with Gasteiger partial charge in [-0.25, -0.2) is 4.98 Å². The van der Waals surface area contributed by atoms with Crippen molar-refractivity contribution < 1.29 is 18.7 Å². The lowest BCUT2D eigenvalue weighted by atomic mass is 10.1. The first-order valence-electron chi connectivity index (χ1n) is 8.77. The number of ether oxygens (including phenoxy) is 2. The van der Waals surface area contributed by atoms with Crippen molar-refractivity contribution in [1.29, 1.82) is 0 Å². The zero-order chi connectivity index (χ0) is 20.4. The van der Waals surface area contributed by atoms with E-state index in [0.717, 1.165) is 5.56 Å². The molecule has 29 heavy (non-hydrogen) atoms. The Labute approximate surface area is 172 Å². The minimum Gasteiger partial charge on any atom is -0.497 e. The minimum atomic E-state index is -0.333. The van der Waals surface area contributed by atoms with Crippen LogP contribution in [0.15, 0.2) is 65.1 Å². The van der Waals surface area contributed by atoms with Gasteiger partial charge in [0.25, 0.3) is 5.91 Å². The topological polar surface area (TPSA) is 73.6 Å². The van der Waals surface area contributed by atoms with Gasteiger partial charge < -0.3 is 19.2 Å². The first-order valence-corrected chi connectivity index (χ1v) is 9.15. The highest BCUT2D eigenvalue weighted by Gasteiger charge is 2.15. The Hall–Kier alpha value is -3.51. The number of oxazole rings is 1. The standard InChI is InChI=1S/C22H17ClN2O4/c1-27-16-5-3-4-13(10-16)22-25-18-12-15(7-9-20(18)29-22)24-21(26)17-11-14(23)6-8-19(17)28-2/h3-12H,1-2H3,(H,24,26). The number of benzene rings is 3. The van der Waals surface area contributed by atoms with Gasteiger partial charge in [0.2, 0.25) is 5.89 Å². The number of aromatic nitrogens is 1. The van der Waals surface area contributed by atoms with Crippen LogP contribution in [0.25, 0.3) is 22.6 Å². The smallest absolute Gasteiger partial charge is 0.259 e. The fraction of sp³-hybridized carbons (Fsp3) is 0.0909. The molecule has 4 rings (SSSR count). The molecule has 1 N–H and O–H groups in total. The highest BCUT2D eigenvalue weighted by atomic mass is 35.5. The van der Waals surface area contributed by atoms with Crippen LogP contribution >= 0.6 is 11.6 Å². The molecule has 3 aromatic carbocycles. The molecule has 6 nitrogen and oxygen atoms in total. The predicted molar refractivity (Wildman–Crippen MR) is 112 cm³/mol. The van der Waals surface area contributed by atoms with Gasteiger partial charge in [-0.3, -0.25) is 4.79 Å². The molecule has 0 unspecified atom stereocenters. The number of hydrogen-bond donors (Lipinski definition) is 1. The highest BCUT2D eigenvalue weighted by Crippen LogP contribution is 2.29. The largest absolute Gasteiger partial charge is 0.497 e. The fourth-order valence-corrected chi connectivity index (χ4v) is 3.11. The number of halogens is 1. The van der Waals surface area contributed by atoms with Crippen LogP contribution in [0.1, 0.15) is 10.4 Å². The molecular formula is C22H17ClN2O4. The lowest BCUT2D eigenvalue weighted by Crippen LogP contribution is -2.13. The Morgan fingerprint density at radius 1 is 1.03 bits per heavy atom. The molecule has 0 aliphatic carbocycles. The van der Waals surface area contributed by atoms with E-state index in [1.54, 1.807) is 43.5 Å². The van der Waals surface area contributed by atoms with Crippen LogP contribution in [0.4, 0.5) is 5.69 Å². The van der Waals surface area contributed by atoms with Gasteiger partial charge in [0.1, 0.15) is 17.0 Å². The van der Waals surface area contributed by atoms with Crippen LogP contribution < -0.4 is 14.8 Å². The summed E-state index contributed by atoms with van der Waals surface area (Å²) >= 11 is 6.01. The summed E-state index contributed by atoms with van der Waals surface area (Å²) < 4.78 is 16.3. The summed E-state index contributed by atoms with van der Waals surface area (Å²) in [4.78, 5) is 17.2. The summed E-state index contributed by atoms with van der Waals surface area (Å²) in [6.45, 7) is 0. The van der Waals surface area contributed by atoms with Gasteiger partial charge in [-0.1, -0.05) is 17.7 Å². The van der Waals surface area contributed by atoms with Crippen molar-refractivity contribution >= 4 is 34.3 Å². The van der Waals surface area contributed by atoms with Crippen LogP contribution in [0, 0.1) is 0 Å². The first-order chi connectivity index (χ1) is 14.1. The number of nitrogens with one attached hydrogen (secondary N) is 1. The van der Waals surface area contributed by atoms with E-state index < -0.39 is 0 Å². The van der Waals surface area contributed by atoms with Gasteiger partial charge in [0, 0.05) is 16.3 Å². The van der Waals surface area contributed by atoms with E-state index in [4.69, 9.17) is 25.5 Å². The Morgan fingerprint density at radius 2 is 1.90 bits per heavy atom. The average molecular weight is 409 g/mol. The molecule has 0 aliphatic rings. The Balaban J connectivity index is 1.62. The van der Waals surface area contributed by atoms with Gasteiger partial charge >= 0.3 is 0 Å². The molecular weight excluding hydrogens is 392 g/mol. The summed E-state index contributed by atoms with van der Waals surface area (Å²) in [6.07, 6.45) is 0. The van der Waals surface area contributed by atoms with Gasteiger partial charge in [-0.05, 0) is 54.6 Å². The van der Waals surface area contributed by atoms with Crippen molar-refractivity contribution in [1.82, 2.24) is 4.98 Å². The zero-order valence-electron chi connectivity index (χ0n) is 15.7. The summed E-state index contributed by atoms with van der Waals surface area (Å²) in [6, 6.07) is 17.6.